The van der Waals surface area contributed by atoms with E-state index in [4.69, 9.17) is 0 Å². The van der Waals surface area contributed by atoms with Gasteiger partial charge in [-0.1, -0.05) is 24.8 Å². The number of allylic oxidation sites excluding steroid dienone is 2. The first-order valence-corrected chi connectivity index (χ1v) is 3.60. The van der Waals surface area contributed by atoms with Crippen LogP contribution in [0.25, 0.3) is 0 Å². The van der Waals surface area contributed by atoms with Crippen LogP contribution in [0.15, 0.2) is 24.8 Å². The summed E-state index contributed by atoms with van der Waals surface area (Å²) >= 11 is 0. The quantitative estimate of drug-likeness (QED) is 0.277. The van der Waals surface area contributed by atoms with Gasteiger partial charge in [0.1, 0.15) is 0 Å². The number of hydrogen-bond acceptors (Lipinski definition) is 6. The maximum absolute atomic E-state index is 10.4. The Kier molecular flexibility index (Phi) is 4.05. The van der Waals surface area contributed by atoms with Crippen molar-refractivity contribution in [3.63, 3.8) is 0 Å². The molecule has 0 rings (SSSR count). The molecule has 0 aliphatic heterocycles. The third-order valence-corrected chi connectivity index (χ3v) is 1.54. The van der Waals surface area contributed by atoms with Gasteiger partial charge in [-0.05, 0) is 0 Å². The van der Waals surface area contributed by atoms with E-state index >= 15 is 0 Å². The molecule has 0 aliphatic rings. The molecule has 0 bridgehead atoms. The van der Waals surface area contributed by atoms with Crippen LogP contribution in [-0.2, 0) is 0 Å². The van der Waals surface area contributed by atoms with E-state index in [0.29, 0.717) is 0 Å². The van der Waals surface area contributed by atoms with Crippen molar-refractivity contribution in [1.29, 1.82) is 0 Å². The van der Waals surface area contributed by atoms with Gasteiger partial charge in [0, 0.05) is 0 Å². The lowest BCUT2D eigenvalue weighted by atomic mass is 10.2. The lowest BCUT2D eigenvalue weighted by Crippen LogP contribution is -2.52. The first-order valence-electron chi connectivity index (χ1n) is 3.60. The first kappa shape index (κ1) is 12.7. The van der Waals surface area contributed by atoms with Crippen LogP contribution in [0.4, 0.5) is 0 Å². The second-order valence-electron chi connectivity index (χ2n) is 2.41. The molecule has 0 amide bonds. The van der Waals surface area contributed by atoms with Crippen LogP contribution in [0.2, 0.25) is 0 Å². The Bertz CT molecular complexity index is 300. The molecule has 0 spiro atoms. The van der Waals surface area contributed by atoms with Gasteiger partial charge < -0.3 is 0 Å². The summed E-state index contributed by atoms with van der Waals surface area (Å²) in [6.07, 6.45) is 2.36. The van der Waals surface area contributed by atoms with E-state index in [1.165, 1.54) is 6.08 Å². The van der Waals surface area contributed by atoms with Crippen LogP contribution < -0.4 is 0 Å². The molecule has 9 nitrogen and oxygen atoms in total. The fourth-order valence-corrected chi connectivity index (χ4v) is 0.746. The molecular weight excluding hydrogens is 210 g/mol. The van der Waals surface area contributed by atoms with E-state index in [2.05, 4.69) is 6.58 Å². The van der Waals surface area contributed by atoms with E-state index in [-0.39, 0.29) is 0 Å². The van der Waals surface area contributed by atoms with Crippen LogP contribution in [0, 0.1) is 30.3 Å². The van der Waals surface area contributed by atoms with Gasteiger partial charge in [-0.15, -0.1) is 0 Å². The fraction of sp³-hybridized carbons (Fsp3) is 0.333. The van der Waals surface area contributed by atoms with Gasteiger partial charge in [0.15, 0.2) is 21.2 Å². The lowest BCUT2D eigenvalue weighted by molar-refractivity contribution is -0.968. The number of nitrogens with zero attached hydrogens (tertiary/aromatic N) is 3. The standard InChI is InChI=1S/C6H7N3O6/c1-2-3-4-5-6(7(10)11,8(12)13)9(14)15/h2-4H,1,5H2. The summed E-state index contributed by atoms with van der Waals surface area (Å²) in [6, 6.07) is 0. The zero-order valence-corrected chi connectivity index (χ0v) is 7.44. The molecule has 0 saturated heterocycles. The predicted octanol–water partition coefficient (Wildman–Crippen LogP) is 0.603. The van der Waals surface area contributed by atoms with Gasteiger partial charge in [-0.2, -0.15) is 0 Å². The van der Waals surface area contributed by atoms with Gasteiger partial charge in [0.2, 0.25) is 0 Å². The summed E-state index contributed by atoms with van der Waals surface area (Å²) < 4.78 is 0. The fourth-order valence-electron chi connectivity index (χ4n) is 0.746. The Hall–Kier alpha value is -2.32. The molecule has 0 aromatic carbocycles. The van der Waals surface area contributed by atoms with Crippen molar-refractivity contribution in [2.45, 2.75) is 12.2 Å². The van der Waals surface area contributed by atoms with E-state index < -0.39 is 27.0 Å². The number of hydrogen-bond donors (Lipinski definition) is 0. The van der Waals surface area contributed by atoms with Crippen molar-refractivity contribution in [1.82, 2.24) is 0 Å². The van der Waals surface area contributed by atoms with Crippen molar-refractivity contribution in [2.24, 2.45) is 0 Å². The molecule has 0 aromatic heterocycles. The smallest absolute Gasteiger partial charge is 0.253 e. The van der Waals surface area contributed by atoms with E-state index in [9.17, 15) is 30.3 Å². The van der Waals surface area contributed by atoms with Crippen LogP contribution in [-0.4, -0.2) is 20.6 Å². The maximum Gasteiger partial charge on any atom is 0.703 e. The van der Waals surface area contributed by atoms with Crippen molar-refractivity contribution >= 4 is 0 Å². The molecular formula is C6H7N3O6. The topological polar surface area (TPSA) is 129 Å². The van der Waals surface area contributed by atoms with Crippen molar-refractivity contribution in [3.05, 3.63) is 55.1 Å². The SMILES string of the molecule is C=CC=CCC([N+](=O)[O-])([N+](=O)[O-])[N+](=O)[O-]. The first-order chi connectivity index (χ1) is 6.89. The Morgan fingerprint density at radius 3 is 1.73 bits per heavy atom. The molecule has 82 valence electrons. The summed E-state index contributed by atoms with van der Waals surface area (Å²) in [5.41, 5.74) is 0. The Labute approximate surface area is 83.1 Å². The summed E-state index contributed by atoms with van der Waals surface area (Å²) in [4.78, 5) is 26.5. The predicted molar refractivity (Wildman–Crippen MR) is 47.7 cm³/mol. The molecule has 0 saturated carbocycles. The Morgan fingerprint density at radius 1 is 1.07 bits per heavy atom. The average molecular weight is 217 g/mol. The third-order valence-electron chi connectivity index (χ3n) is 1.54. The zero-order chi connectivity index (χ0) is 12.1. The second kappa shape index (κ2) is 4.79. The monoisotopic (exact) mass is 217 g/mol. The van der Waals surface area contributed by atoms with Gasteiger partial charge in [-0.3, -0.25) is 30.3 Å². The zero-order valence-electron chi connectivity index (χ0n) is 7.44. The normalized spacial score (nSPS) is 11.2. The van der Waals surface area contributed by atoms with E-state index in [1.54, 1.807) is 0 Å². The van der Waals surface area contributed by atoms with Crippen LogP contribution in [0.5, 0.6) is 0 Å². The summed E-state index contributed by atoms with van der Waals surface area (Å²) in [7, 11) is 0. The lowest BCUT2D eigenvalue weighted by Gasteiger charge is -2.05. The van der Waals surface area contributed by atoms with Gasteiger partial charge in [0.25, 0.3) is 0 Å². The highest BCUT2D eigenvalue weighted by Gasteiger charge is 2.69. The van der Waals surface area contributed by atoms with Crippen molar-refractivity contribution in [2.75, 3.05) is 0 Å². The third kappa shape index (κ3) is 2.33. The molecule has 9 heteroatoms. The molecule has 0 aliphatic carbocycles. The molecule has 0 fully saturated rings. The van der Waals surface area contributed by atoms with Gasteiger partial charge in [-0.25, -0.2) is 0 Å². The maximum atomic E-state index is 10.4. The molecule has 0 aromatic rings. The number of rotatable bonds is 6. The van der Waals surface area contributed by atoms with Gasteiger partial charge in [0.05, 0.1) is 0 Å². The molecule has 0 N–H and O–H groups in total. The second-order valence-corrected chi connectivity index (χ2v) is 2.41. The minimum Gasteiger partial charge on any atom is -0.253 e. The Balaban J connectivity index is 5.24. The van der Waals surface area contributed by atoms with Crippen molar-refractivity contribution in [3.8, 4) is 0 Å². The molecule has 0 unspecified atom stereocenters. The van der Waals surface area contributed by atoms with E-state index in [1.807, 2.05) is 0 Å². The van der Waals surface area contributed by atoms with E-state index in [0.717, 1.165) is 12.2 Å². The highest BCUT2D eigenvalue weighted by Crippen LogP contribution is 2.17. The van der Waals surface area contributed by atoms with Crippen LogP contribution in [0.1, 0.15) is 6.42 Å². The van der Waals surface area contributed by atoms with Crippen LogP contribution >= 0.6 is 0 Å². The van der Waals surface area contributed by atoms with Gasteiger partial charge >= 0.3 is 5.79 Å². The summed E-state index contributed by atoms with van der Waals surface area (Å²) in [6.45, 7) is 3.22. The minimum absolute atomic E-state index is 0.938. The summed E-state index contributed by atoms with van der Waals surface area (Å²) in [5.74, 6) is -3.42. The highest BCUT2D eigenvalue weighted by molar-refractivity contribution is 4.97. The highest BCUT2D eigenvalue weighted by atomic mass is 16.7. The van der Waals surface area contributed by atoms with Crippen LogP contribution in [0.3, 0.4) is 0 Å². The molecule has 0 heterocycles. The minimum atomic E-state index is -3.42. The largest absolute Gasteiger partial charge is 0.703 e. The molecule has 15 heavy (non-hydrogen) atoms. The molecule has 0 atom stereocenters. The average Bonchev–Trinajstić information content (AvgIpc) is 2.10. The Morgan fingerprint density at radius 2 is 1.47 bits per heavy atom. The molecule has 0 radical (unpaired) electrons. The van der Waals surface area contributed by atoms with Crippen molar-refractivity contribution < 1.29 is 14.8 Å². The number of nitro groups is 3. The summed E-state index contributed by atoms with van der Waals surface area (Å²) in [5, 5.41) is 31.1.